The normalized spacial score (nSPS) is 10.1. The highest BCUT2D eigenvalue weighted by Crippen LogP contribution is 2.05. The highest BCUT2D eigenvalue weighted by atomic mass is 16.6. The zero-order chi connectivity index (χ0) is 11.9. The Morgan fingerprint density at radius 2 is 1.93 bits per heavy atom. The SMILES string of the molecule is CC(C)(C)OC(=O)NCC(=O)NNC=O. The van der Waals surface area contributed by atoms with Crippen LogP contribution in [0.4, 0.5) is 4.79 Å². The third-order valence-corrected chi connectivity index (χ3v) is 1.06. The van der Waals surface area contributed by atoms with Gasteiger partial charge < -0.3 is 10.1 Å². The molecule has 3 amide bonds. The van der Waals surface area contributed by atoms with E-state index in [4.69, 9.17) is 4.74 Å². The molecular weight excluding hydrogens is 202 g/mol. The molecule has 15 heavy (non-hydrogen) atoms. The summed E-state index contributed by atoms with van der Waals surface area (Å²) < 4.78 is 4.87. The van der Waals surface area contributed by atoms with E-state index in [1.54, 1.807) is 20.8 Å². The van der Waals surface area contributed by atoms with Crippen LogP contribution in [0.2, 0.25) is 0 Å². The Labute approximate surface area is 87.5 Å². The average molecular weight is 217 g/mol. The lowest BCUT2D eigenvalue weighted by Crippen LogP contribution is -2.44. The van der Waals surface area contributed by atoms with Crippen LogP contribution in [0.3, 0.4) is 0 Å². The minimum atomic E-state index is -0.691. The fraction of sp³-hybridized carbons (Fsp3) is 0.625. The van der Waals surface area contributed by atoms with E-state index in [1.807, 2.05) is 10.9 Å². The molecule has 86 valence electrons. The summed E-state index contributed by atoms with van der Waals surface area (Å²) in [5.74, 6) is -0.548. The number of rotatable bonds is 4. The molecule has 0 heterocycles. The molecule has 7 nitrogen and oxygen atoms in total. The van der Waals surface area contributed by atoms with Crippen molar-refractivity contribution in [2.45, 2.75) is 26.4 Å². The predicted molar refractivity (Wildman–Crippen MR) is 51.6 cm³/mol. The second kappa shape index (κ2) is 5.84. The molecule has 0 saturated heterocycles. The van der Waals surface area contributed by atoms with Gasteiger partial charge in [0.25, 0.3) is 5.91 Å². The number of carbonyl (C=O) groups excluding carboxylic acids is 3. The van der Waals surface area contributed by atoms with Gasteiger partial charge in [-0.2, -0.15) is 0 Å². The van der Waals surface area contributed by atoms with Gasteiger partial charge in [0.15, 0.2) is 0 Å². The summed E-state index contributed by atoms with van der Waals surface area (Å²) in [4.78, 5) is 31.7. The zero-order valence-electron chi connectivity index (χ0n) is 8.92. The number of hydrogen-bond donors (Lipinski definition) is 3. The number of hydrogen-bond acceptors (Lipinski definition) is 4. The number of nitrogens with one attached hydrogen (secondary N) is 3. The van der Waals surface area contributed by atoms with Crippen molar-refractivity contribution in [1.29, 1.82) is 0 Å². The van der Waals surface area contributed by atoms with E-state index >= 15 is 0 Å². The van der Waals surface area contributed by atoms with E-state index in [2.05, 4.69) is 5.32 Å². The minimum Gasteiger partial charge on any atom is -0.444 e. The van der Waals surface area contributed by atoms with Crippen LogP contribution in [0.5, 0.6) is 0 Å². The second-order valence-electron chi connectivity index (χ2n) is 3.67. The maximum atomic E-state index is 11.0. The van der Waals surface area contributed by atoms with E-state index in [-0.39, 0.29) is 6.54 Å². The first-order valence-electron chi connectivity index (χ1n) is 4.30. The summed E-state index contributed by atoms with van der Waals surface area (Å²) in [6.07, 6.45) is -0.380. The second-order valence-corrected chi connectivity index (χ2v) is 3.67. The molecule has 0 aliphatic heterocycles. The van der Waals surface area contributed by atoms with Crippen LogP contribution in [0.15, 0.2) is 0 Å². The summed E-state index contributed by atoms with van der Waals surface area (Å²) in [5, 5.41) is 2.22. The molecule has 0 aromatic heterocycles. The fourth-order valence-electron chi connectivity index (χ4n) is 0.621. The van der Waals surface area contributed by atoms with Crippen LogP contribution in [0.1, 0.15) is 20.8 Å². The lowest BCUT2D eigenvalue weighted by Gasteiger charge is -2.19. The Kier molecular flexibility index (Phi) is 5.14. The van der Waals surface area contributed by atoms with Crippen molar-refractivity contribution in [2.75, 3.05) is 6.54 Å². The number of amides is 3. The molecule has 0 spiro atoms. The van der Waals surface area contributed by atoms with Gasteiger partial charge in [0.1, 0.15) is 12.1 Å². The zero-order valence-corrected chi connectivity index (χ0v) is 8.92. The van der Waals surface area contributed by atoms with Gasteiger partial charge in [-0.25, -0.2) is 4.79 Å². The van der Waals surface area contributed by atoms with Crippen LogP contribution in [-0.4, -0.2) is 30.6 Å². The number of carbonyl (C=O) groups is 3. The number of alkyl carbamates (subject to hydrolysis) is 1. The molecule has 3 N–H and O–H groups in total. The number of hydrazine groups is 1. The van der Waals surface area contributed by atoms with Gasteiger partial charge in [0.2, 0.25) is 6.41 Å². The fourth-order valence-corrected chi connectivity index (χ4v) is 0.621. The van der Waals surface area contributed by atoms with E-state index in [0.29, 0.717) is 6.41 Å². The Morgan fingerprint density at radius 3 is 2.40 bits per heavy atom. The molecule has 0 fully saturated rings. The third kappa shape index (κ3) is 8.54. The molecule has 0 aliphatic rings. The summed E-state index contributed by atoms with van der Waals surface area (Å²) in [5.41, 5.74) is 3.36. The van der Waals surface area contributed by atoms with E-state index in [0.717, 1.165) is 0 Å². The topological polar surface area (TPSA) is 96.5 Å². The predicted octanol–water partition coefficient (Wildman–Crippen LogP) is -0.712. The Hall–Kier alpha value is -1.79. The van der Waals surface area contributed by atoms with Crippen molar-refractivity contribution in [3.05, 3.63) is 0 Å². The van der Waals surface area contributed by atoms with Crippen molar-refractivity contribution in [3.63, 3.8) is 0 Å². The van der Waals surface area contributed by atoms with E-state index < -0.39 is 17.6 Å². The summed E-state index contributed by atoms with van der Waals surface area (Å²) in [6, 6.07) is 0. The van der Waals surface area contributed by atoms with E-state index in [1.165, 1.54) is 0 Å². The molecule has 0 aromatic carbocycles. The van der Waals surface area contributed by atoms with Crippen LogP contribution in [-0.2, 0) is 14.3 Å². The number of ether oxygens (including phenoxy) is 1. The van der Waals surface area contributed by atoms with E-state index in [9.17, 15) is 14.4 Å². The van der Waals surface area contributed by atoms with Gasteiger partial charge in [-0.3, -0.25) is 20.4 Å². The minimum absolute atomic E-state index is 0.268. The van der Waals surface area contributed by atoms with Crippen LogP contribution in [0, 0.1) is 0 Å². The Morgan fingerprint density at radius 1 is 1.33 bits per heavy atom. The van der Waals surface area contributed by atoms with Crippen LogP contribution < -0.4 is 16.2 Å². The van der Waals surface area contributed by atoms with Crippen LogP contribution in [0.25, 0.3) is 0 Å². The van der Waals surface area contributed by atoms with Gasteiger partial charge in [-0.05, 0) is 20.8 Å². The van der Waals surface area contributed by atoms with Gasteiger partial charge in [-0.1, -0.05) is 0 Å². The molecule has 0 bridgehead atoms. The third-order valence-electron chi connectivity index (χ3n) is 1.06. The molecule has 0 aliphatic carbocycles. The van der Waals surface area contributed by atoms with Gasteiger partial charge in [-0.15, -0.1) is 0 Å². The van der Waals surface area contributed by atoms with Crippen LogP contribution >= 0.6 is 0 Å². The van der Waals surface area contributed by atoms with Crippen molar-refractivity contribution in [1.82, 2.24) is 16.2 Å². The molecule has 7 heteroatoms. The average Bonchev–Trinajstić information content (AvgIpc) is 2.08. The van der Waals surface area contributed by atoms with Gasteiger partial charge in [0, 0.05) is 0 Å². The first-order chi connectivity index (χ1) is 6.85. The lowest BCUT2D eigenvalue weighted by molar-refractivity contribution is -0.123. The van der Waals surface area contributed by atoms with Crippen molar-refractivity contribution >= 4 is 18.4 Å². The molecule has 0 unspecified atom stereocenters. The van der Waals surface area contributed by atoms with Crippen molar-refractivity contribution in [3.8, 4) is 0 Å². The monoisotopic (exact) mass is 217 g/mol. The molecule has 0 atom stereocenters. The standard InChI is InChI=1S/C8H15N3O4/c1-8(2,3)15-7(14)9-4-6(13)11-10-5-12/h5H,4H2,1-3H3,(H,9,14)(H,10,12)(H,11,13). The highest BCUT2D eigenvalue weighted by molar-refractivity contribution is 5.82. The molecule has 0 radical (unpaired) electrons. The Balaban J connectivity index is 3.71. The maximum Gasteiger partial charge on any atom is 0.408 e. The molecule has 0 rings (SSSR count). The lowest BCUT2D eigenvalue weighted by atomic mass is 10.2. The summed E-state index contributed by atoms with van der Waals surface area (Å²) >= 11 is 0. The molecular formula is C8H15N3O4. The highest BCUT2D eigenvalue weighted by Gasteiger charge is 2.16. The first kappa shape index (κ1) is 13.2. The van der Waals surface area contributed by atoms with Crippen molar-refractivity contribution in [2.24, 2.45) is 0 Å². The quantitative estimate of drug-likeness (QED) is 0.428. The largest absolute Gasteiger partial charge is 0.444 e. The van der Waals surface area contributed by atoms with Crippen molar-refractivity contribution < 1.29 is 19.1 Å². The summed E-state index contributed by atoms with van der Waals surface area (Å²) in [6.45, 7) is 4.86. The Bertz CT molecular complexity index is 247. The smallest absolute Gasteiger partial charge is 0.408 e. The molecule has 0 aromatic rings. The van der Waals surface area contributed by atoms with Gasteiger partial charge in [0.05, 0.1) is 0 Å². The summed E-state index contributed by atoms with van der Waals surface area (Å²) in [7, 11) is 0. The molecule has 0 saturated carbocycles. The maximum absolute atomic E-state index is 11.0. The van der Waals surface area contributed by atoms with Gasteiger partial charge >= 0.3 is 6.09 Å². The first-order valence-corrected chi connectivity index (χ1v) is 4.30.